The molecule has 1 radical (unpaired) electrons. The van der Waals surface area contributed by atoms with Gasteiger partial charge in [0.25, 0.3) is 0 Å². The Hall–Kier alpha value is -4.90. The number of benzene rings is 4. The average molecular weight is 624 g/mol. The molecule has 4 N–H and O–H groups in total. The Labute approximate surface area is 237 Å². The molecule has 0 fully saturated rings. The van der Waals surface area contributed by atoms with E-state index in [1.54, 1.807) is 0 Å². The summed E-state index contributed by atoms with van der Waals surface area (Å²) in [6.45, 7) is 0. The van der Waals surface area contributed by atoms with Crippen molar-refractivity contribution in [3.63, 3.8) is 0 Å². The number of rotatable bonds is 8. The van der Waals surface area contributed by atoms with Gasteiger partial charge in [0.15, 0.2) is 0 Å². The molecule has 0 amide bonds. The maximum Gasteiger partial charge on any atom is 0.335 e. The fourth-order valence-corrected chi connectivity index (χ4v) is 2.93. The second kappa shape index (κ2) is 14.1. The molecule has 11 heteroatoms. The van der Waals surface area contributed by atoms with Crippen molar-refractivity contribution in [2.24, 2.45) is 0 Å². The van der Waals surface area contributed by atoms with Crippen molar-refractivity contribution in [2.45, 2.75) is 0 Å². The van der Waals surface area contributed by atoms with Crippen LogP contribution in [0.2, 0.25) is 0 Å². The van der Waals surface area contributed by atoms with Gasteiger partial charge >= 0.3 is 23.9 Å². The average Bonchev–Trinajstić information content (AvgIpc) is 2.90. The number of aromatic carboxylic acids is 4. The van der Waals surface area contributed by atoms with Crippen molar-refractivity contribution in [1.29, 1.82) is 0 Å². The van der Waals surface area contributed by atoms with E-state index in [4.69, 9.17) is 29.9 Å². The molecule has 0 saturated heterocycles. The smallest absolute Gasteiger partial charge is 0.335 e. The zero-order valence-corrected chi connectivity index (χ0v) is 21.3. The Bertz CT molecular complexity index is 1210. The van der Waals surface area contributed by atoms with Crippen LogP contribution in [0.1, 0.15) is 41.4 Å². The monoisotopic (exact) mass is 623 g/mol. The molecule has 0 saturated carbocycles. The molecule has 0 bridgehead atoms. The SMILES string of the molecule is O=C(O)c1ccc(Oc2ccc(C(=O)O)cc2)cc1.O=C(O)c1ccc(Oc2ccc(C(=O)O)cc2)cc1.[Ag]. The van der Waals surface area contributed by atoms with Crippen molar-refractivity contribution >= 4 is 23.9 Å². The van der Waals surface area contributed by atoms with Crippen LogP contribution < -0.4 is 9.47 Å². The first-order valence-corrected chi connectivity index (χ1v) is 10.8. The summed E-state index contributed by atoms with van der Waals surface area (Å²) in [5.41, 5.74) is 0.698. The standard InChI is InChI=1S/2C14H10O5.Ag/c2*15-13(16)9-1-5-11(6-2-9)19-12-7-3-10(4-8-12)14(17)18;/h2*1-8H,(H,15,16)(H,17,18);. The number of hydrogen-bond donors (Lipinski definition) is 4. The van der Waals surface area contributed by atoms with Gasteiger partial charge in [-0.15, -0.1) is 0 Å². The minimum absolute atomic E-state index is 0. The van der Waals surface area contributed by atoms with Crippen molar-refractivity contribution < 1.29 is 71.5 Å². The van der Waals surface area contributed by atoms with E-state index < -0.39 is 23.9 Å². The summed E-state index contributed by atoms with van der Waals surface area (Å²) in [7, 11) is 0. The fraction of sp³-hybridized carbons (Fsp3) is 0. The summed E-state index contributed by atoms with van der Waals surface area (Å²) in [6, 6.07) is 23.8. The zero-order chi connectivity index (χ0) is 27.7. The summed E-state index contributed by atoms with van der Waals surface area (Å²) < 4.78 is 10.9. The van der Waals surface area contributed by atoms with Crippen LogP contribution in [0.25, 0.3) is 0 Å². The van der Waals surface area contributed by atoms with E-state index in [1.165, 1.54) is 97.1 Å². The Morgan fingerprint density at radius 1 is 0.359 bits per heavy atom. The van der Waals surface area contributed by atoms with Gasteiger partial charge in [0.1, 0.15) is 23.0 Å². The third-order valence-corrected chi connectivity index (χ3v) is 4.88. The summed E-state index contributed by atoms with van der Waals surface area (Å²) in [5, 5.41) is 35.0. The molecule has 4 aromatic rings. The van der Waals surface area contributed by atoms with Crippen molar-refractivity contribution in [2.75, 3.05) is 0 Å². The van der Waals surface area contributed by atoms with Gasteiger partial charge in [-0.2, -0.15) is 0 Å². The minimum Gasteiger partial charge on any atom is -0.478 e. The van der Waals surface area contributed by atoms with Gasteiger partial charge in [0.2, 0.25) is 0 Å². The van der Waals surface area contributed by atoms with Gasteiger partial charge < -0.3 is 29.9 Å². The van der Waals surface area contributed by atoms with Crippen molar-refractivity contribution in [1.82, 2.24) is 0 Å². The van der Waals surface area contributed by atoms with Crippen LogP contribution in [0, 0.1) is 0 Å². The predicted octanol–water partition coefficient (Wildman–Crippen LogP) is 5.75. The first-order valence-electron chi connectivity index (χ1n) is 10.8. The predicted molar refractivity (Wildman–Crippen MR) is 134 cm³/mol. The molecular weight excluding hydrogens is 604 g/mol. The third kappa shape index (κ3) is 9.17. The van der Waals surface area contributed by atoms with Gasteiger partial charge in [-0.1, -0.05) is 0 Å². The van der Waals surface area contributed by atoms with Crippen molar-refractivity contribution in [3.8, 4) is 23.0 Å². The van der Waals surface area contributed by atoms with Gasteiger partial charge in [-0.3, -0.25) is 0 Å². The number of ether oxygens (including phenoxy) is 2. The van der Waals surface area contributed by atoms with E-state index in [-0.39, 0.29) is 44.6 Å². The van der Waals surface area contributed by atoms with Crippen LogP contribution >= 0.6 is 0 Å². The summed E-state index contributed by atoms with van der Waals surface area (Å²) >= 11 is 0. The van der Waals surface area contributed by atoms with Gasteiger partial charge in [-0.25, -0.2) is 19.2 Å². The van der Waals surface area contributed by atoms with E-state index in [9.17, 15) is 19.2 Å². The molecule has 0 aromatic heterocycles. The Morgan fingerprint density at radius 3 is 0.641 bits per heavy atom. The maximum atomic E-state index is 10.7. The van der Waals surface area contributed by atoms with Crippen molar-refractivity contribution in [3.05, 3.63) is 119 Å². The summed E-state index contributed by atoms with van der Waals surface area (Å²) in [5.74, 6) is -2.09. The molecule has 0 aliphatic rings. The second-order valence-electron chi connectivity index (χ2n) is 7.52. The van der Waals surface area contributed by atoms with Gasteiger partial charge in [0, 0.05) is 22.4 Å². The van der Waals surface area contributed by atoms with Crippen LogP contribution in [0.15, 0.2) is 97.1 Å². The zero-order valence-electron chi connectivity index (χ0n) is 19.8. The number of carboxylic acid groups (broad SMARTS) is 4. The molecule has 0 spiro atoms. The van der Waals surface area contributed by atoms with Gasteiger partial charge in [-0.05, 0) is 97.1 Å². The van der Waals surface area contributed by atoms with Crippen LogP contribution in [-0.4, -0.2) is 44.3 Å². The molecule has 203 valence electrons. The summed E-state index contributed by atoms with van der Waals surface area (Å²) in [6.07, 6.45) is 0. The Morgan fingerprint density at radius 2 is 0.513 bits per heavy atom. The molecular formula is C28H20AgO10. The fourth-order valence-electron chi connectivity index (χ4n) is 2.93. The van der Waals surface area contributed by atoms with Crippen LogP contribution in [0.4, 0.5) is 0 Å². The molecule has 0 atom stereocenters. The molecule has 4 aromatic carbocycles. The number of carbonyl (C=O) groups is 4. The molecule has 0 unspecified atom stereocenters. The summed E-state index contributed by atoms with van der Waals surface area (Å²) in [4.78, 5) is 42.7. The van der Waals surface area contributed by atoms with E-state index in [0.717, 1.165) is 0 Å². The topological polar surface area (TPSA) is 168 Å². The molecule has 4 rings (SSSR count). The Kier molecular flexibility index (Phi) is 11.0. The van der Waals surface area contributed by atoms with E-state index in [0.29, 0.717) is 23.0 Å². The number of carboxylic acids is 4. The van der Waals surface area contributed by atoms with Crippen LogP contribution in [0.5, 0.6) is 23.0 Å². The number of hydrogen-bond acceptors (Lipinski definition) is 6. The third-order valence-electron chi connectivity index (χ3n) is 4.88. The first-order chi connectivity index (χ1) is 18.1. The normalized spacial score (nSPS) is 9.64. The van der Waals surface area contributed by atoms with E-state index >= 15 is 0 Å². The van der Waals surface area contributed by atoms with E-state index in [1.807, 2.05) is 0 Å². The van der Waals surface area contributed by atoms with Gasteiger partial charge in [0.05, 0.1) is 22.3 Å². The largest absolute Gasteiger partial charge is 0.478 e. The second-order valence-corrected chi connectivity index (χ2v) is 7.52. The molecule has 0 aliphatic heterocycles. The minimum atomic E-state index is -1.00. The molecule has 0 aliphatic carbocycles. The van der Waals surface area contributed by atoms with E-state index in [2.05, 4.69) is 0 Å². The Balaban J connectivity index is 0.000000267. The molecule has 39 heavy (non-hydrogen) atoms. The van der Waals surface area contributed by atoms with Crippen LogP contribution in [0.3, 0.4) is 0 Å². The molecule has 0 heterocycles. The quantitative estimate of drug-likeness (QED) is 0.177. The van der Waals surface area contributed by atoms with Crippen LogP contribution in [-0.2, 0) is 22.4 Å². The first kappa shape index (κ1) is 30.3. The maximum absolute atomic E-state index is 10.7. The molecule has 10 nitrogen and oxygen atoms in total.